The Balaban J connectivity index is 2.57. The fourth-order valence-corrected chi connectivity index (χ4v) is 1.75. The molecule has 1 atom stereocenters. The number of H-pyrrole nitrogens is 2. The van der Waals surface area contributed by atoms with Crippen LogP contribution in [-0.2, 0) is 16.0 Å². The van der Waals surface area contributed by atoms with Gasteiger partial charge in [-0.3, -0.25) is 19.4 Å². The molecule has 1 amide bonds. The smallest absolute Gasteiger partial charge is 0.325 e. The van der Waals surface area contributed by atoms with E-state index < -0.39 is 29.0 Å². The lowest BCUT2D eigenvalue weighted by Gasteiger charge is -2.12. The second-order valence-electron chi connectivity index (χ2n) is 4.42. The molecular formula is C12H17N3O5. The third kappa shape index (κ3) is 5.09. The molecule has 8 heteroatoms. The predicted octanol–water partition coefficient (Wildman–Crippen LogP) is -0.777. The van der Waals surface area contributed by atoms with Gasteiger partial charge in [0.05, 0.1) is 12.3 Å². The minimum absolute atomic E-state index is 0.0232. The zero-order chi connectivity index (χ0) is 15.1. The highest BCUT2D eigenvalue weighted by molar-refractivity contribution is 5.79. The highest BCUT2D eigenvalue weighted by Gasteiger charge is 2.17. The van der Waals surface area contributed by atoms with Gasteiger partial charge in [-0.15, -0.1) is 0 Å². The van der Waals surface area contributed by atoms with Crippen molar-refractivity contribution in [2.24, 2.45) is 5.92 Å². The normalized spacial score (nSPS) is 11.8. The van der Waals surface area contributed by atoms with E-state index in [-0.39, 0.29) is 18.7 Å². The first-order chi connectivity index (χ1) is 9.42. The summed E-state index contributed by atoms with van der Waals surface area (Å²) < 4.78 is 0. The maximum atomic E-state index is 11.6. The molecule has 0 aliphatic carbocycles. The second kappa shape index (κ2) is 7.27. The Hall–Kier alpha value is -2.38. The number of hydrogen-bond acceptors (Lipinski definition) is 4. The average Bonchev–Trinajstić information content (AvgIpc) is 2.32. The molecule has 0 bridgehead atoms. The van der Waals surface area contributed by atoms with E-state index in [2.05, 4.69) is 10.3 Å². The second-order valence-corrected chi connectivity index (χ2v) is 4.42. The fourth-order valence-electron chi connectivity index (χ4n) is 1.75. The van der Waals surface area contributed by atoms with Gasteiger partial charge >= 0.3 is 11.7 Å². The van der Waals surface area contributed by atoms with E-state index in [1.54, 1.807) is 0 Å². The van der Waals surface area contributed by atoms with Crippen molar-refractivity contribution < 1.29 is 14.7 Å². The van der Waals surface area contributed by atoms with E-state index in [0.29, 0.717) is 12.8 Å². The summed E-state index contributed by atoms with van der Waals surface area (Å²) in [6.45, 7) is 1.88. The number of carbonyl (C=O) groups is 2. The van der Waals surface area contributed by atoms with Gasteiger partial charge in [0.25, 0.3) is 5.56 Å². The van der Waals surface area contributed by atoms with Crippen LogP contribution in [-0.4, -0.2) is 33.5 Å². The maximum absolute atomic E-state index is 11.6. The molecule has 0 radical (unpaired) electrons. The van der Waals surface area contributed by atoms with Crippen LogP contribution in [0.15, 0.2) is 15.7 Å². The van der Waals surface area contributed by atoms with Crippen molar-refractivity contribution in [3.8, 4) is 0 Å². The van der Waals surface area contributed by atoms with E-state index in [4.69, 9.17) is 5.11 Å². The molecule has 4 N–H and O–H groups in total. The number of aromatic amines is 2. The Morgan fingerprint density at radius 1 is 1.35 bits per heavy atom. The van der Waals surface area contributed by atoms with Gasteiger partial charge < -0.3 is 15.4 Å². The number of hydrogen-bond donors (Lipinski definition) is 4. The summed E-state index contributed by atoms with van der Waals surface area (Å²) >= 11 is 0. The number of carboxylic acids is 1. The average molecular weight is 283 g/mol. The lowest BCUT2D eigenvalue weighted by molar-refractivity contribution is -0.141. The van der Waals surface area contributed by atoms with E-state index in [9.17, 15) is 19.2 Å². The van der Waals surface area contributed by atoms with Gasteiger partial charge in [-0.25, -0.2) is 4.79 Å². The number of carbonyl (C=O) groups excluding carboxylic acids is 1. The molecule has 0 aliphatic heterocycles. The van der Waals surface area contributed by atoms with Gasteiger partial charge in [-0.2, -0.15) is 0 Å². The largest absolute Gasteiger partial charge is 0.481 e. The molecular weight excluding hydrogens is 266 g/mol. The van der Waals surface area contributed by atoms with Crippen molar-refractivity contribution >= 4 is 11.9 Å². The Labute approximate surface area is 114 Å². The highest BCUT2D eigenvalue weighted by Crippen LogP contribution is 2.05. The number of rotatable bonds is 7. The van der Waals surface area contributed by atoms with Crippen LogP contribution >= 0.6 is 0 Å². The molecule has 0 fully saturated rings. The minimum Gasteiger partial charge on any atom is -0.481 e. The zero-order valence-corrected chi connectivity index (χ0v) is 11.1. The number of nitrogens with one attached hydrogen (secondary N) is 3. The van der Waals surface area contributed by atoms with Crippen molar-refractivity contribution in [3.63, 3.8) is 0 Å². The van der Waals surface area contributed by atoms with Crippen LogP contribution in [0, 0.1) is 5.92 Å². The molecule has 0 saturated heterocycles. The van der Waals surface area contributed by atoms with Crippen LogP contribution in [0.25, 0.3) is 0 Å². The molecule has 0 spiro atoms. The fraction of sp³-hybridized carbons (Fsp3) is 0.500. The third-order valence-electron chi connectivity index (χ3n) is 2.70. The van der Waals surface area contributed by atoms with Crippen molar-refractivity contribution in [1.82, 2.24) is 15.3 Å². The molecule has 1 aromatic rings. The lowest BCUT2D eigenvalue weighted by Crippen LogP contribution is -2.34. The van der Waals surface area contributed by atoms with E-state index >= 15 is 0 Å². The maximum Gasteiger partial charge on any atom is 0.325 e. The van der Waals surface area contributed by atoms with Gasteiger partial charge in [-0.05, 0) is 6.42 Å². The van der Waals surface area contributed by atoms with Crippen LogP contribution in [0.5, 0.6) is 0 Å². The highest BCUT2D eigenvalue weighted by atomic mass is 16.4. The van der Waals surface area contributed by atoms with Gasteiger partial charge in [0.1, 0.15) is 0 Å². The Morgan fingerprint density at radius 3 is 2.60 bits per heavy atom. The zero-order valence-electron chi connectivity index (χ0n) is 11.1. The van der Waals surface area contributed by atoms with Crippen molar-refractivity contribution in [3.05, 3.63) is 32.6 Å². The third-order valence-corrected chi connectivity index (χ3v) is 2.70. The molecule has 110 valence electrons. The van der Waals surface area contributed by atoms with Crippen molar-refractivity contribution in [1.29, 1.82) is 0 Å². The van der Waals surface area contributed by atoms with Crippen molar-refractivity contribution in [2.75, 3.05) is 6.54 Å². The first kappa shape index (κ1) is 15.7. The summed E-state index contributed by atoms with van der Waals surface area (Å²) in [7, 11) is 0. The van der Waals surface area contributed by atoms with Crippen LogP contribution < -0.4 is 16.6 Å². The van der Waals surface area contributed by atoms with E-state index in [0.717, 1.165) is 6.07 Å². The predicted molar refractivity (Wildman–Crippen MR) is 70.4 cm³/mol. The summed E-state index contributed by atoms with van der Waals surface area (Å²) in [6.07, 6.45) is 0.989. The van der Waals surface area contributed by atoms with Gasteiger partial charge in [0.2, 0.25) is 5.91 Å². The summed E-state index contributed by atoms with van der Waals surface area (Å²) in [6, 6.07) is 1.11. The standard InChI is InChI=1S/C12H17N3O5/c1-2-3-7(11(18)19)6-13-9(16)4-8-5-10(17)15-12(20)14-8/h5,7H,2-4,6H2,1H3,(H,13,16)(H,18,19)(H2,14,15,17,20). The summed E-state index contributed by atoms with van der Waals surface area (Å²) in [5, 5.41) is 11.4. The first-order valence-electron chi connectivity index (χ1n) is 6.24. The first-order valence-corrected chi connectivity index (χ1v) is 6.24. The molecule has 1 unspecified atom stereocenters. The topological polar surface area (TPSA) is 132 Å². The van der Waals surface area contributed by atoms with Crippen LogP contribution in [0.2, 0.25) is 0 Å². The molecule has 20 heavy (non-hydrogen) atoms. The van der Waals surface area contributed by atoms with Gasteiger partial charge in [0.15, 0.2) is 0 Å². The summed E-state index contributed by atoms with van der Waals surface area (Å²) in [4.78, 5) is 48.9. The molecule has 0 aliphatic rings. The quantitative estimate of drug-likeness (QED) is 0.521. The van der Waals surface area contributed by atoms with E-state index in [1.165, 1.54) is 0 Å². The SMILES string of the molecule is CCCC(CNC(=O)Cc1cc(=O)[nH]c(=O)[nH]1)C(=O)O. The van der Waals surface area contributed by atoms with Crippen LogP contribution in [0.3, 0.4) is 0 Å². The summed E-state index contributed by atoms with van der Waals surface area (Å²) in [5.74, 6) is -2.05. The van der Waals surface area contributed by atoms with Crippen LogP contribution in [0.1, 0.15) is 25.5 Å². The van der Waals surface area contributed by atoms with Gasteiger partial charge in [0, 0.05) is 18.3 Å². The number of carboxylic acid groups (broad SMARTS) is 1. The monoisotopic (exact) mass is 283 g/mol. The van der Waals surface area contributed by atoms with Crippen LogP contribution in [0.4, 0.5) is 0 Å². The summed E-state index contributed by atoms with van der Waals surface area (Å²) in [5.41, 5.74) is -1.10. The number of aromatic nitrogens is 2. The Kier molecular flexibility index (Phi) is 5.70. The van der Waals surface area contributed by atoms with E-state index in [1.807, 2.05) is 11.9 Å². The lowest BCUT2D eigenvalue weighted by atomic mass is 10.0. The van der Waals surface area contributed by atoms with Crippen molar-refractivity contribution in [2.45, 2.75) is 26.2 Å². The molecule has 1 aromatic heterocycles. The molecule has 0 aromatic carbocycles. The molecule has 0 saturated carbocycles. The minimum atomic E-state index is -0.961. The number of amides is 1. The van der Waals surface area contributed by atoms with Gasteiger partial charge in [-0.1, -0.05) is 13.3 Å². The molecule has 1 rings (SSSR count). The molecule has 8 nitrogen and oxygen atoms in total. The Morgan fingerprint density at radius 2 is 2.05 bits per heavy atom. The number of aliphatic carboxylic acids is 1. The molecule has 1 heterocycles. The Bertz CT molecular complexity index is 561.